The summed E-state index contributed by atoms with van der Waals surface area (Å²) in [6.07, 6.45) is 5.91. The second kappa shape index (κ2) is 8.90. The number of esters is 1. The van der Waals surface area contributed by atoms with Crippen LogP contribution in [0.5, 0.6) is 0 Å². The lowest BCUT2D eigenvalue weighted by Gasteiger charge is -2.39. The third kappa shape index (κ3) is 4.35. The van der Waals surface area contributed by atoms with Crippen LogP contribution in [0.15, 0.2) is 36.5 Å². The summed E-state index contributed by atoms with van der Waals surface area (Å²) in [6, 6.07) is 10.4. The van der Waals surface area contributed by atoms with Crippen molar-refractivity contribution in [1.82, 2.24) is 15.0 Å². The van der Waals surface area contributed by atoms with E-state index in [9.17, 15) is 4.79 Å². The first-order valence-corrected chi connectivity index (χ1v) is 11.6. The fourth-order valence-electron chi connectivity index (χ4n) is 4.60. The summed E-state index contributed by atoms with van der Waals surface area (Å²) >= 11 is 0. The average Bonchev–Trinajstić information content (AvgIpc) is 3.20. The van der Waals surface area contributed by atoms with E-state index < -0.39 is 0 Å². The first-order valence-electron chi connectivity index (χ1n) is 11.6. The summed E-state index contributed by atoms with van der Waals surface area (Å²) < 4.78 is 11.3. The molecule has 1 aliphatic carbocycles. The van der Waals surface area contributed by atoms with Gasteiger partial charge in [-0.3, -0.25) is 4.79 Å². The van der Waals surface area contributed by atoms with Crippen molar-refractivity contribution in [2.45, 2.75) is 51.7 Å². The molecule has 0 unspecified atom stereocenters. The van der Waals surface area contributed by atoms with Crippen LogP contribution < -0.4 is 4.90 Å². The molecule has 0 amide bonds. The Kier molecular flexibility index (Phi) is 5.83. The van der Waals surface area contributed by atoms with Crippen LogP contribution in [0.1, 0.15) is 38.2 Å². The number of nitrogens with zero attached hydrogens (tertiary/aromatic N) is 3. The van der Waals surface area contributed by atoms with E-state index in [2.05, 4.69) is 46.1 Å². The van der Waals surface area contributed by atoms with Crippen LogP contribution in [0.2, 0.25) is 0 Å². The van der Waals surface area contributed by atoms with Gasteiger partial charge in [0.15, 0.2) is 0 Å². The molecule has 2 fully saturated rings. The Balaban J connectivity index is 1.13. The van der Waals surface area contributed by atoms with Crippen molar-refractivity contribution >= 4 is 22.8 Å². The van der Waals surface area contributed by atoms with Gasteiger partial charge in [0.1, 0.15) is 11.6 Å². The third-order valence-corrected chi connectivity index (χ3v) is 6.52. The second-order valence-corrected chi connectivity index (χ2v) is 8.88. The SMILES string of the molecule is CCOC(=O)[C@H]1C[C@@H](OC2CCN(c3ccc(-c4nc5ccc(C)cc5[nH]4)cn3)CC2)C1. The zero-order chi connectivity index (χ0) is 22.1. The molecule has 0 spiro atoms. The van der Waals surface area contributed by atoms with E-state index in [1.54, 1.807) is 0 Å². The van der Waals surface area contributed by atoms with Gasteiger partial charge in [0.25, 0.3) is 0 Å². The Labute approximate surface area is 188 Å². The topological polar surface area (TPSA) is 80.3 Å². The van der Waals surface area contributed by atoms with Gasteiger partial charge in [0, 0.05) is 24.8 Å². The molecule has 3 heterocycles. The highest BCUT2D eigenvalue weighted by molar-refractivity contribution is 5.80. The summed E-state index contributed by atoms with van der Waals surface area (Å²) in [5.74, 6) is 1.79. The van der Waals surface area contributed by atoms with Crippen LogP contribution in [-0.2, 0) is 14.3 Å². The fraction of sp³-hybridized carbons (Fsp3) is 0.480. The maximum atomic E-state index is 11.7. The summed E-state index contributed by atoms with van der Waals surface area (Å²) in [5, 5.41) is 0. The monoisotopic (exact) mass is 434 g/mol. The first-order chi connectivity index (χ1) is 15.6. The summed E-state index contributed by atoms with van der Waals surface area (Å²) in [7, 11) is 0. The molecule has 1 aromatic carbocycles. The number of fused-ring (bicyclic) bond motifs is 1. The average molecular weight is 435 g/mol. The highest BCUT2D eigenvalue weighted by Gasteiger charge is 2.38. The van der Waals surface area contributed by atoms with Crippen molar-refractivity contribution in [2.75, 3.05) is 24.6 Å². The summed E-state index contributed by atoms with van der Waals surface area (Å²) in [6.45, 7) is 6.23. The van der Waals surface area contributed by atoms with Gasteiger partial charge in [-0.2, -0.15) is 0 Å². The van der Waals surface area contributed by atoms with E-state index in [1.807, 2.05) is 19.2 Å². The largest absolute Gasteiger partial charge is 0.466 e. The van der Waals surface area contributed by atoms with Crippen LogP contribution in [-0.4, -0.2) is 52.8 Å². The quantitative estimate of drug-likeness (QED) is 0.584. The molecule has 1 aliphatic heterocycles. The number of aromatic amines is 1. The number of pyridine rings is 1. The Morgan fingerprint density at radius 2 is 1.97 bits per heavy atom. The van der Waals surface area contributed by atoms with Gasteiger partial charge >= 0.3 is 5.97 Å². The maximum absolute atomic E-state index is 11.7. The van der Waals surface area contributed by atoms with Crippen molar-refractivity contribution in [3.05, 3.63) is 42.1 Å². The van der Waals surface area contributed by atoms with E-state index >= 15 is 0 Å². The number of nitrogens with one attached hydrogen (secondary N) is 1. The Hall–Kier alpha value is -2.93. The molecule has 3 aromatic rings. The lowest BCUT2D eigenvalue weighted by atomic mass is 9.82. The van der Waals surface area contributed by atoms with Gasteiger partial charge < -0.3 is 19.4 Å². The van der Waals surface area contributed by atoms with Crippen LogP contribution in [0.3, 0.4) is 0 Å². The fourth-order valence-corrected chi connectivity index (χ4v) is 4.60. The number of ether oxygens (including phenoxy) is 2. The van der Waals surface area contributed by atoms with Crippen molar-refractivity contribution in [3.63, 3.8) is 0 Å². The van der Waals surface area contributed by atoms with E-state index in [4.69, 9.17) is 14.5 Å². The normalized spacial score (nSPS) is 21.5. The maximum Gasteiger partial charge on any atom is 0.309 e. The van der Waals surface area contributed by atoms with Crippen LogP contribution in [0.25, 0.3) is 22.4 Å². The summed E-state index contributed by atoms with van der Waals surface area (Å²) in [5.41, 5.74) is 4.22. The van der Waals surface area contributed by atoms with E-state index in [0.29, 0.717) is 6.61 Å². The number of hydrogen-bond acceptors (Lipinski definition) is 6. The van der Waals surface area contributed by atoms with E-state index in [0.717, 1.165) is 67.0 Å². The van der Waals surface area contributed by atoms with E-state index in [-0.39, 0.29) is 24.1 Å². The zero-order valence-electron chi connectivity index (χ0n) is 18.7. The van der Waals surface area contributed by atoms with Crippen molar-refractivity contribution < 1.29 is 14.3 Å². The number of carbonyl (C=O) groups is 1. The second-order valence-electron chi connectivity index (χ2n) is 8.88. The smallest absolute Gasteiger partial charge is 0.309 e. The van der Waals surface area contributed by atoms with Crippen molar-refractivity contribution in [3.8, 4) is 11.4 Å². The number of anilines is 1. The lowest BCUT2D eigenvalue weighted by Crippen LogP contribution is -2.43. The molecule has 1 N–H and O–H groups in total. The molecule has 0 bridgehead atoms. The predicted molar refractivity (Wildman–Crippen MR) is 124 cm³/mol. The van der Waals surface area contributed by atoms with Gasteiger partial charge in [-0.05, 0) is 69.4 Å². The molecule has 168 valence electrons. The minimum Gasteiger partial charge on any atom is -0.466 e. The van der Waals surface area contributed by atoms with Crippen LogP contribution >= 0.6 is 0 Å². The molecule has 7 heteroatoms. The standard InChI is InChI=1S/C25H30N4O3/c1-3-31-25(30)18-13-20(14-18)32-19-8-10-29(11-9-19)23-7-5-17(15-26-23)24-27-21-6-4-16(2)12-22(21)28-24/h4-7,12,15,18-20H,3,8-11,13-14H2,1-2H3,(H,27,28)/t18-,20+. The number of imidazole rings is 1. The molecule has 2 aliphatic rings. The molecule has 7 nitrogen and oxygen atoms in total. The van der Waals surface area contributed by atoms with E-state index in [1.165, 1.54) is 5.56 Å². The molecule has 5 rings (SSSR count). The Morgan fingerprint density at radius 1 is 1.16 bits per heavy atom. The first kappa shape index (κ1) is 20.9. The van der Waals surface area contributed by atoms with Crippen LogP contribution in [0, 0.1) is 12.8 Å². The zero-order valence-corrected chi connectivity index (χ0v) is 18.7. The molecule has 0 atom stereocenters. The highest BCUT2D eigenvalue weighted by atomic mass is 16.5. The van der Waals surface area contributed by atoms with Gasteiger partial charge in [0.05, 0.1) is 35.8 Å². The number of aryl methyl sites for hydroxylation is 1. The number of H-pyrrole nitrogens is 1. The van der Waals surface area contributed by atoms with Crippen LogP contribution in [0.4, 0.5) is 5.82 Å². The molecule has 0 radical (unpaired) electrons. The minimum absolute atomic E-state index is 0.0264. The Bertz CT molecular complexity index is 1080. The highest BCUT2D eigenvalue weighted by Crippen LogP contribution is 2.34. The predicted octanol–water partition coefficient (Wildman–Crippen LogP) is 4.26. The molecule has 1 saturated heterocycles. The van der Waals surface area contributed by atoms with Gasteiger partial charge in [-0.25, -0.2) is 9.97 Å². The third-order valence-electron chi connectivity index (χ3n) is 6.52. The summed E-state index contributed by atoms with van der Waals surface area (Å²) in [4.78, 5) is 26.8. The van der Waals surface area contributed by atoms with Gasteiger partial charge in [-0.15, -0.1) is 0 Å². The number of benzene rings is 1. The molecular weight excluding hydrogens is 404 g/mol. The minimum atomic E-state index is -0.0746. The number of aromatic nitrogens is 3. The number of hydrogen-bond donors (Lipinski definition) is 1. The van der Waals surface area contributed by atoms with Crippen molar-refractivity contribution in [2.24, 2.45) is 5.92 Å². The number of piperidine rings is 1. The van der Waals surface area contributed by atoms with Gasteiger partial charge in [0.2, 0.25) is 0 Å². The lowest BCUT2D eigenvalue weighted by molar-refractivity contribution is -0.160. The number of rotatable bonds is 6. The van der Waals surface area contributed by atoms with Crippen molar-refractivity contribution in [1.29, 1.82) is 0 Å². The molecular formula is C25H30N4O3. The molecule has 2 aromatic heterocycles. The molecule has 32 heavy (non-hydrogen) atoms. The Morgan fingerprint density at radius 3 is 2.69 bits per heavy atom. The number of carbonyl (C=O) groups excluding carboxylic acids is 1. The van der Waals surface area contributed by atoms with Gasteiger partial charge in [-0.1, -0.05) is 6.07 Å². The molecule has 1 saturated carbocycles.